The van der Waals surface area contributed by atoms with Crippen LogP contribution in [0.25, 0.3) is 21.9 Å². The Labute approximate surface area is 146 Å². The molecule has 0 spiro atoms. The van der Waals surface area contributed by atoms with Crippen LogP contribution in [0.2, 0.25) is 0 Å². The van der Waals surface area contributed by atoms with E-state index < -0.39 is 11.9 Å². The molecule has 0 aliphatic carbocycles. The molecule has 4 rings (SSSR count). The number of alkyl halides is 3. The molecule has 0 amide bonds. The van der Waals surface area contributed by atoms with E-state index in [1.54, 1.807) is 16.7 Å². The zero-order chi connectivity index (χ0) is 17.4. The summed E-state index contributed by atoms with van der Waals surface area (Å²) in [5, 5.41) is 2.04. The molecular formula is C16H16F3N5S. The fourth-order valence-corrected chi connectivity index (χ4v) is 3.87. The molecular weight excluding hydrogens is 351 g/mol. The van der Waals surface area contributed by atoms with Crippen LogP contribution in [0.1, 0.15) is 0 Å². The first kappa shape index (κ1) is 16.5. The third-order valence-electron chi connectivity index (χ3n) is 4.26. The number of hydrogen-bond acceptors (Lipinski definition) is 5. The summed E-state index contributed by atoms with van der Waals surface area (Å²) in [6.45, 7) is 2.54. The summed E-state index contributed by atoms with van der Waals surface area (Å²) in [5.74, 6) is -0.833. The number of anilines is 1. The Morgan fingerprint density at radius 2 is 1.92 bits per heavy atom. The number of H-pyrrole nitrogens is 1. The molecule has 1 aliphatic heterocycles. The number of fused-ring (bicyclic) bond motifs is 3. The molecule has 3 aromatic rings. The van der Waals surface area contributed by atoms with Gasteiger partial charge in [0.05, 0.1) is 11.7 Å². The topological polar surface area (TPSA) is 48.1 Å². The van der Waals surface area contributed by atoms with Crippen molar-refractivity contribution in [3.63, 3.8) is 0 Å². The Morgan fingerprint density at radius 3 is 2.68 bits per heavy atom. The smallest absolute Gasteiger partial charge is 0.368 e. The first-order chi connectivity index (χ1) is 12.0. The standard InChI is InChI=1S/C16H16F3N5S/c17-16(18,19)10-25-24-7-5-23(6-8-24)13-2-4-20-12-9-22-15-11(14(12)13)1-3-21-15/h1-4,9H,5-8,10H2,(H,21,22). The molecule has 0 bridgehead atoms. The Morgan fingerprint density at radius 1 is 1.12 bits per heavy atom. The van der Waals surface area contributed by atoms with Crippen LogP contribution in [0, 0.1) is 0 Å². The molecule has 9 heteroatoms. The van der Waals surface area contributed by atoms with Gasteiger partial charge < -0.3 is 9.88 Å². The van der Waals surface area contributed by atoms with Gasteiger partial charge in [0, 0.05) is 55.0 Å². The molecule has 0 radical (unpaired) electrons. The van der Waals surface area contributed by atoms with Crippen molar-refractivity contribution in [3.8, 4) is 0 Å². The molecule has 1 fully saturated rings. The lowest BCUT2D eigenvalue weighted by atomic mass is 10.1. The lowest BCUT2D eigenvalue weighted by Crippen LogP contribution is -2.44. The van der Waals surface area contributed by atoms with Crippen LogP contribution in [-0.2, 0) is 0 Å². The summed E-state index contributed by atoms with van der Waals surface area (Å²) in [7, 11) is 0. The zero-order valence-corrected chi connectivity index (χ0v) is 14.1. The van der Waals surface area contributed by atoms with Crippen molar-refractivity contribution >= 4 is 39.6 Å². The van der Waals surface area contributed by atoms with Crippen molar-refractivity contribution in [2.45, 2.75) is 6.18 Å². The summed E-state index contributed by atoms with van der Waals surface area (Å²) < 4.78 is 38.9. The highest BCUT2D eigenvalue weighted by molar-refractivity contribution is 7.97. The number of aromatic amines is 1. The molecule has 0 saturated carbocycles. The quantitative estimate of drug-likeness (QED) is 0.719. The van der Waals surface area contributed by atoms with Gasteiger partial charge in [-0.25, -0.2) is 9.29 Å². The lowest BCUT2D eigenvalue weighted by Gasteiger charge is -2.36. The Balaban J connectivity index is 1.56. The normalized spacial score (nSPS) is 16.8. The first-order valence-corrected chi connectivity index (χ1v) is 8.86. The van der Waals surface area contributed by atoms with Gasteiger partial charge in [0.25, 0.3) is 0 Å². The van der Waals surface area contributed by atoms with Crippen LogP contribution in [0.3, 0.4) is 0 Å². The van der Waals surface area contributed by atoms with Crippen molar-refractivity contribution in [2.24, 2.45) is 0 Å². The average molecular weight is 367 g/mol. The third kappa shape index (κ3) is 3.38. The van der Waals surface area contributed by atoms with E-state index in [2.05, 4.69) is 19.9 Å². The fourth-order valence-electron chi connectivity index (χ4n) is 3.12. The number of rotatable bonds is 3. The second kappa shape index (κ2) is 6.38. The maximum atomic E-state index is 12.4. The summed E-state index contributed by atoms with van der Waals surface area (Å²) in [6, 6.07) is 3.94. The Kier molecular flexibility index (Phi) is 4.20. The third-order valence-corrected chi connectivity index (χ3v) is 5.45. The Bertz CT molecular complexity index is 886. The first-order valence-electron chi connectivity index (χ1n) is 7.92. The number of hydrogen-bond donors (Lipinski definition) is 1. The largest absolute Gasteiger partial charge is 0.399 e. The predicted octanol–water partition coefficient (Wildman–Crippen LogP) is 3.44. The van der Waals surface area contributed by atoms with Gasteiger partial charge in [-0.05, 0) is 12.1 Å². The van der Waals surface area contributed by atoms with Crippen molar-refractivity contribution in [2.75, 3.05) is 36.8 Å². The highest BCUT2D eigenvalue weighted by Crippen LogP contribution is 2.32. The van der Waals surface area contributed by atoms with Crippen LogP contribution in [0.5, 0.6) is 0 Å². The molecule has 0 aromatic carbocycles. The highest BCUT2D eigenvalue weighted by Gasteiger charge is 2.30. The molecule has 25 heavy (non-hydrogen) atoms. The van der Waals surface area contributed by atoms with Gasteiger partial charge in [-0.2, -0.15) is 13.2 Å². The minimum atomic E-state index is -4.13. The molecule has 0 unspecified atom stereocenters. The van der Waals surface area contributed by atoms with Crippen LogP contribution in [0.4, 0.5) is 18.9 Å². The van der Waals surface area contributed by atoms with Crippen LogP contribution in [-0.4, -0.2) is 57.4 Å². The van der Waals surface area contributed by atoms with Crippen LogP contribution in [0.15, 0.2) is 30.7 Å². The van der Waals surface area contributed by atoms with E-state index in [-0.39, 0.29) is 0 Å². The van der Waals surface area contributed by atoms with Crippen molar-refractivity contribution in [1.29, 1.82) is 0 Å². The van der Waals surface area contributed by atoms with Gasteiger partial charge in [0.15, 0.2) is 0 Å². The minimum absolute atomic E-state index is 0.589. The van der Waals surface area contributed by atoms with E-state index in [4.69, 9.17) is 0 Å². The molecule has 1 saturated heterocycles. The molecule has 132 valence electrons. The van der Waals surface area contributed by atoms with Gasteiger partial charge in [-0.1, -0.05) is 11.9 Å². The van der Waals surface area contributed by atoms with Crippen LogP contribution < -0.4 is 4.90 Å². The van der Waals surface area contributed by atoms with E-state index >= 15 is 0 Å². The lowest BCUT2D eigenvalue weighted by molar-refractivity contribution is -0.105. The van der Waals surface area contributed by atoms with Gasteiger partial charge in [0.2, 0.25) is 0 Å². The van der Waals surface area contributed by atoms with Gasteiger partial charge in [-0.15, -0.1) is 0 Å². The maximum Gasteiger partial charge on any atom is 0.399 e. The van der Waals surface area contributed by atoms with Gasteiger partial charge >= 0.3 is 6.18 Å². The van der Waals surface area contributed by atoms with E-state index in [1.165, 1.54) is 0 Å². The second-order valence-corrected chi connectivity index (χ2v) is 6.96. The molecule has 0 atom stereocenters. The second-order valence-electron chi connectivity index (χ2n) is 5.89. The summed E-state index contributed by atoms with van der Waals surface area (Å²) in [6.07, 6.45) is 1.21. The van der Waals surface area contributed by atoms with E-state index in [0.29, 0.717) is 26.2 Å². The molecule has 5 nitrogen and oxygen atoms in total. The highest BCUT2D eigenvalue weighted by atomic mass is 32.2. The average Bonchev–Trinajstić information content (AvgIpc) is 3.08. The molecule has 1 aliphatic rings. The Hall–Kier alpha value is -2.00. The van der Waals surface area contributed by atoms with Crippen molar-refractivity contribution in [1.82, 2.24) is 19.3 Å². The molecule has 3 aromatic heterocycles. The monoisotopic (exact) mass is 367 g/mol. The molecule has 4 heterocycles. The summed E-state index contributed by atoms with van der Waals surface area (Å²) in [5.41, 5.74) is 2.68. The summed E-state index contributed by atoms with van der Waals surface area (Å²) in [4.78, 5) is 14.1. The van der Waals surface area contributed by atoms with Gasteiger partial charge in [-0.3, -0.25) is 4.98 Å². The van der Waals surface area contributed by atoms with E-state index in [0.717, 1.165) is 39.6 Å². The zero-order valence-electron chi connectivity index (χ0n) is 13.3. The number of halogens is 3. The van der Waals surface area contributed by atoms with Gasteiger partial charge in [0.1, 0.15) is 11.4 Å². The number of nitrogens with one attached hydrogen (secondary N) is 1. The van der Waals surface area contributed by atoms with Crippen LogP contribution >= 0.6 is 11.9 Å². The number of piperazine rings is 1. The SMILES string of the molecule is FC(F)(F)CSN1CCN(c2ccnc3cnc4[nH]ccc4c23)CC1. The number of nitrogens with zero attached hydrogens (tertiary/aromatic N) is 4. The maximum absolute atomic E-state index is 12.4. The summed E-state index contributed by atoms with van der Waals surface area (Å²) >= 11 is 0.863. The molecule has 1 N–H and O–H groups in total. The number of pyridine rings is 2. The van der Waals surface area contributed by atoms with Crippen molar-refractivity contribution < 1.29 is 13.2 Å². The predicted molar refractivity (Wildman–Crippen MR) is 93.7 cm³/mol. The van der Waals surface area contributed by atoms with Crippen molar-refractivity contribution in [3.05, 3.63) is 30.7 Å². The van der Waals surface area contributed by atoms with E-state index in [1.807, 2.05) is 18.3 Å². The van der Waals surface area contributed by atoms with E-state index in [9.17, 15) is 13.2 Å². The number of aromatic nitrogens is 3. The minimum Gasteiger partial charge on any atom is -0.368 e. The fraction of sp³-hybridized carbons (Fsp3) is 0.375.